The van der Waals surface area contributed by atoms with Crippen molar-refractivity contribution in [3.8, 4) is 0 Å². The van der Waals surface area contributed by atoms with E-state index in [1.54, 1.807) is 0 Å². The molecule has 0 bridgehead atoms. The third-order valence-corrected chi connectivity index (χ3v) is 1.16. The van der Waals surface area contributed by atoms with Gasteiger partial charge in [-0.15, -0.1) is 0 Å². The first-order chi connectivity index (χ1) is 4.25. The van der Waals surface area contributed by atoms with Crippen molar-refractivity contribution in [2.24, 2.45) is 0 Å². The van der Waals surface area contributed by atoms with Gasteiger partial charge in [0.1, 0.15) is 19.3 Å². The predicted octanol–water partition coefficient (Wildman–Crippen LogP) is -0.861. The van der Waals surface area contributed by atoms with Crippen LogP contribution in [0.1, 0.15) is 0 Å². The summed E-state index contributed by atoms with van der Waals surface area (Å²) in [5.41, 5.74) is 0. The number of hydrogen-bond acceptors (Lipinski definition) is 4. The van der Waals surface area contributed by atoms with Gasteiger partial charge in [-0.25, -0.2) is 0 Å². The summed E-state index contributed by atoms with van der Waals surface area (Å²) in [6, 6.07) is 0. The zero-order valence-electron chi connectivity index (χ0n) is 4.74. The van der Waals surface area contributed by atoms with Gasteiger partial charge >= 0.3 is 0 Å². The highest BCUT2D eigenvalue weighted by atomic mass is 16.5. The van der Waals surface area contributed by atoms with Gasteiger partial charge in [-0.1, -0.05) is 0 Å². The summed E-state index contributed by atoms with van der Waals surface area (Å²) in [4.78, 5) is 0. The summed E-state index contributed by atoms with van der Waals surface area (Å²) >= 11 is 0. The maximum absolute atomic E-state index is 8.80. The highest BCUT2D eigenvalue weighted by Gasteiger charge is 2.23. The van der Waals surface area contributed by atoms with Crippen molar-refractivity contribution in [2.45, 2.75) is 6.10 Å². The maximum Gasteiger partial charge on any atom is 0.165 e. The average Bonchev–Trinajstić information content (AvgIpc) is 2.15. The van der Waals surface area contributed by atoms with Gasteiger partial charge in [-0.3, -0.25) is 0 Å². The van der Waals surface area contributed by atoms with Crippen LogP contribution in [0.5, 0.6) is 0 Å². The summed E-state index contributed by atoms with van der Waals surface area (Å²) < 4.78 is 4.66. The topological polar surface area (TPSA) is 69.9 Å². The second-order valence-corrected chi connectivity index (χ2v) is 1.79. The van der Waals surface area contributed by atoms with Gasteiger partial charge in [0, 0.05) is 0 Å². The molecule has 1 aliphatic heterocycles. The second kappa shape index (κ2) is 2.24. The van der Waals surface area contributed by atoms with E-state index in [0.29, 0.717) is 0 Å². The van der Waals surface area contributed by atoms with Crippen LogP contribution in [0.2, 0.25) is 0 Å². The van der Waals surface area contributed by atoms with Crippen LogP contribution in [0.25, 0.3) is 0 Å². The number of aliphatic hydroxyl groups is 3. The van der Waals surface area contributed by atoms with E-state index in [0.717, 1.165) is 0 Å². The van der Waals surface area contributed by atoms with Crippen LogP contribution in [0.3, 0.4) is 0 Å². The lowest BCUT2D eigenvalue weighted by Gasteiger charge is -1.94. The molecule has 9 heavy (non-hydrogen) atoms. The van der Waals surface area contributed by atoms with Crippen LogP contribution in [0.4, 0.5) is 0 Å². The SMILES string of the molecule is OCC1=C(O)C(O)CO1. The Morgan fingerprint density at radius 3 is 2.56 bits per heavy atom. The molecule has 0 spiro atoms. The summed E-state index contributed by atoms with van der Waals surface area (Å²) in [5.74, 6) is -0.181. The van der Waals surface area contributed by atoms with Crippen LogP contribution in [0.15, 0.2) is 11.5 Å². The van der Waals surface area contributed by atoms with Crippen LogP contribution >= 0.6 is 0 Å². The van der Waals surface area contributed by atoms with E-state index in [1.165, 1.54) is 0 Å². The second-order valence-electron chi connectivity index (χ2n) is 1.79. The van der Waals surface area contributed by atoms with Gasteiger partial charge < -0.3 is 20.1 Å². The lowest BCUT2D eigenvalue weighted by atomic mass is 10.3. The molecular weight excluding hydrogens is 124 g/mol. The van der Waals surface area contributed by atoms with Crippen molar-refractivity contribution < 1.29 is 20.1 Å². The van der Waals surface area contributed by atoms with E-state index >= 15 is 0 Å². The molecule has 0 aromatic heterocycles. The fraction of sp³-hybridized carbons (Fsp3) is 0.600. The van der Waals surface area contributed by atoms with Crippen LogP contribution in [-0.2, 0) is 4.74 Å². The number of hydrogen-bond donors (Lipinski definition) is 3. The van der Waals surface area contributed by atoms with Crippen molar-refractivity contribution >= 4 is 0 Å². The van der Waals surface area contributed by atoms with Crippen molar-refractivity contribution in [2.75, 3.05) is 13.2 Å². The lowest BCUT2D eigenvalue weighted by Crippen LogP contribution is -2.08. The molecule has 0 aromatic rings. The summed E-state index contributed by atoms with van der Waals surface area (Å²) in [5, 5.41) is 26.0. The molecule has 52 valence electrons. The highest BCUT2D eigenvalue weighted by molar-refractivity contribution is 5.10. The maximum atomic E-state index is 8.80. The molecule has 0 saturated carbocycles. The third-order valence-electron chi connectivity index (χ3n) is 1.16. The van der Waals surface area contributed by atoms with E-state index in [9.17, 15) is 0 Å². The van der Waals surface area contributed by atoms with Crippen molar-refractivity contribution in [1.29, 1.82) is 0 Å². The Morgan fingerprint density at radius 1 is 1.67 bits per heavy atom. The Bertz CT molecular complexity index is 140. The Labute approximate surface area is 52.0 Å². The van der Waals surface area contributed by atoms with Crippen molar-refractivity contribution in [3.05, 3.63) is 11.5 Å². The Kier molecular flexibility index (Phi) is 1.59. The molecule has 1 heterocycles. The molecule has 0 fully saturated rings. The number of rotatable bonds is 1. The molecule has 1 rings (SSSR count). The van der Waals surface area contributed by atoms with Crippen LogP contribution in [-0.4, -0.2) is 34.6 Å². The van der Waals surface area contributed by atoms with E-state index in [1.807, 2.05) is 0 Å². The van der Waals surface area contributed by atoms with E-state index in [-0.39, 0.29) is 24.7 Å². The summed E-state index contributed by atoms with van der Waals surface area (Å²) in [7, 11) is 0. The minimum Gasteiger partial charge on any atom is -0.506 e. The first kappa shape index (κ1) is 6.38. The fourth-order valence-corrected chi connectivity index (χ4v) is 0.645. The Balaban J connectivity index is 2.68. The standard InChI is InChI=1S/C5H8O4/c6-1-4-5(8)3(7)2-9-4/h3,6-8H,1-2H2. The van der Waals surface area contributed by atoms with Crippen LogP contribution in [0, 0.1) is 0 Å². The van der Waals surface area contributed by atoms with E-state index in [4.69, 9.17) is 15.3 Å². The molecule has 3 N–H and O–H groups in total. The third kappa shape index (κ3) is 0.988. The quantitative estimate of drug-likeness (QED) is 0.434. The minimum absolute atomic E-state index is 0.0434. The van der Waals surface area contributed by atoms with Gasteiger partial charge in [0.25, 0.3) is 0 Å². The largest absolute Gasteiger partial charge is 0.506 e. The van der Waals surface area contributed by atoms with Gasteiger partial charge in [0.05, 0.1) is 0 Å². The first-order valence-electron chi connectivity index (χ1n) is 2.59. The molecule has 1 atom stereocenters. The highest BCUT2D eigenvalue weighted by Crippen LogP contribution is 2.15. The monoisotopic (exact) mass is 132 g/mol. The molecule has 0 aromatic carbocycles. The van der Waals surface area contributed by atoms with Crippen molar-refractivity contribution in [1.82, 2.24) is 0 Å². The Morgan fingerprint density at radius 2 is 2.33 bits per heavy atom. The van der Waals surface area contributed by atoms with Gasteiger partial charge in [-0.2, -0.15) is 0 Å². The lowest BCUT2D eigenvalue weighted by molar-refractivity contribution is 0.108. The smallest absolute Gasteiger partial charge is 0.165 e. The molecule has 0 aliphatic carbocycles. The number of ether oxygens (including phenoxy) is 1. The first-order valence-corrected chi connectivity index (χ1v) is 2.59. The fourth-order valence-electron chi connectivity index (χ4n) is 0.645. The molecule has 4 heteroatoms. The zero-order valence-corrected chi connectivity index (χ0v) is 4.74. The zero-order chi connectivity index (χ0) is 6.85. The van der Waals surface area contributed by atoms with E-state index < -0.39 is 6.10 Å². The molecule has 4 nitrogen and oxygen atoms in total. The normalized spacial score (nSPS) is 26.7. The molecule has 0 radical (unpaired) electrons. The predicted molar refractivity (Wildman–Crippen MR) is 28.7 cm³/mol. The summed E-state index contributed by atoms with van der Waals surface area (Å²) in [6.45, 7) is -0.315. The van der Waals surface area contributed by atoms with Gasteiger partial charge in [0.2, 0.25) is 0 Å². The molecule has 0 saturated heterocycles. The molecule has 1 aliphatic rings. The average molecular weight is 132 g/mol. The molecule has 0 amide bonds. The van der Waals surface area contributed by atoms with Crippen molar-refractivity contribution in [3.63, 3.8) is 0 Å². The van der Waals surface area contributed by atoms with Gasteiger partial charge in [0.15, 0.2) is 11.5 Å². The molecule has 1 unspecified atom stereocenters. The summed E-state index contributed by atoms with van der Waals surface area (Å²) in [6.07, 6.45) is -0.952. The molecular formula is C5H8O4. The van der Waals surface area contributed by atoms with Gasteiger partial charge in [-0.05, 0) is 0 Å². The van der Waals surface area contributed by atoms with E-state index in [2.05, 4.69) is 4.74 Å². The minimum atomic E-state index is -0.952. The Hall–Kier alpha value is -0.740. The van der Waals surface area contributed by atoms with Crippen LogP contribution < -0.4 is 0 Å². The number of aliphatic hydroxyl groups excluding tert-OH is 3.